The quantitative estimate of drug-likeness (QED) is 0.734. The molecule has 1 unspecified atom stereocenters. The molecule has 0 aliphatic carbocycles. The van der Waals surface area contributed by atoms with Crippen molar-refractivity contribution in [2.45, 2.75) is 29.6 Å². The maximum Gasteiger partial charge on any atom is 0.0122 e. The van der Waals surface area contributed by atoms with Crippen molar-refractivity contribution in [2.75, 3.05) is 0 Å². The van der Waals surface area contributed by atoms with Gasteiger partial charge in [0.1, 0.15) is 0 Å². The predicted molar refractivity (Wildman–Crippen MR) is 80.4 cm³/mol. The first-order chi connectivity index (χ1) is 8.15. The van der Waals surface area contributed by atoms with E-state index in [1.54, 1.807) is 0 Å². The van der Waals surface area contributed by atoms with E-state index < -0.39 is 0 Å². The number of hydrogen-bond donors (Lipinski definition) is 0. The molecule has 2 aromatic rings. The van der Waals surface area contributed by atoms with Crippen LogP contribution < -0.4 is 5.30 Å². The van der Waals surface area contributed by atoms with E-state index in [0.29, 0.717) is 5.92 Å². The van der Waals surface area contributed by atoms with Crippen molar-refractivity contribution >= 4 is 26.3 Å². The first kappa shape index (κ1) is 12.7. The standard InChI is InChI=1S/C15H17PS/c1-11(2)12-3-7-14(8-4-12)17-15-9-5-13(16)6-10-15/h3-11H,16H2,1-2H3. The lowest BCUT2D eigenvalue weighted by molar-refractivity contribution is 0.865. The molecule has 0 bridgehead atoms. The fourth-order valence-corrected chi connectivity index (χ4v) is 2.60. The van der Waals surface area contributed by atoms with Crippen molar-refractivity contribution < 1.29 is 0 Å². The molecule has 0 aromatic heterocycles. The van der Waals surface area contributed by atoms with Crippen LogP contribution in [0.15, 0.2) is 58.3 Å². The van der Waals surface area contributed by atoms with E-state index in [1.165, 1.54) is 20.7 Å². The second kappa shape index (κ2) is 5.71. The Labute approximate surface area is 110 Å². The molecule has 0 amide bonds. The Bertz CT molecular complexity index is 471. The van der Waals surface area contributed by atoms with Gasteiger partial charge in [0.25, 0.3) is 0 Å². The number of hydrogen-bond acceptors (Lipinski definition) is 1. The third-order valence-electron chi connectivity index (χ3n) is 2.66. The van der Waals surface area contributed by atoms with Gasteiger partial charge in [-0.05, 0) is 41.1 Å². The van der Waals surface area contributed by atoms with Crippen molar-refractivity contribution in [3.05, 3.63) is 54.1 Å². The Morgan fingerprint density at radius 2 is 1.29 bits per heavy atom. The minimum Gasteiger partial charge on any atom is -0.106 e. The molecule has 0 spiro atoms. The zero-order valence-electron chi connectivity index (χ0n) is 10.2. The van der Waals surface area contributed by atoms with Crippen LogP contribution >= 0.6 is 21.0 Å². The van der Waals surface area contributed by atoms with Crippen LogP contribution in [0.25, 0.3) is 0 Å². The summed E-state index contributed by atoms with van der Waals surface area (Å²) >= 11 is 1.81. The van der Waals surface area contributed by atoms with Gasteiger partial charge in [-0.2, -0.15) is 0 Å². The maximum atomic E-state index is 2.71. The second-order valence-electron chi connectivity index (χ2n) is 4.39. The highest BCUT2D eigenvalue weighted by atomic mass is 32.2. The van der Waals surface area contributed by atoms with E-state index in [-0.39, 0.29) is 0 Å². The molecular formula is C15H17PS. The van der Waals surface area contributed by atoms with Crippen LogP contribution in [0.3, 0.4) is 0 Å². The van der Waals surface area contributed by atoms with Crippen LogP contribution in [-0.2, 0) is 0 Å². The molecule has 0 nitrogen and oxygen atoms in total. The summed E-state index contributed by atoms with van der Waals surface area (Å²) in [6.07, 6.45) is 0. The van der Waals surface area contributed by atoms with Crippen molar-refractivity contribution in [1.29, 1.82) is 0 Å². The summed E-state index contributed by atoms with van der Waals surface area (Å²) in [5, 5.41) is 1.23. The molecule has 0 fully saturated rings. The Morgan fingerprint density at radius 1 is 0.824 bits per heavy atom. The first-order valence-corrected chi connectivity index (χ1v) is 7.18. The van der Waals surface area contributed by atoms with Gasteiger partial charge in [0.2, 0.25) is 0 Å². The normalized spacial score (nSPS) is 10.8. The van der Waals surface area contributed by atoms with Crippen molar-refractivity contribution in [3.8, 4) is 0 Å². The highest BCUT2D eigenvalue weighted by molar-refractivity contribution is 7.99. The van der Waals surface area contributed by atoms with Gasteiger partial charge in [-0.15, -0.1) is 9.24 Å². The maximum absolute atomic E-state index is 2.71. The molecule has 0 N–H and O–H groups in total. The van der Waals surface area contributed by atoms with Crippen LogP contribution in [-0.4, -0.2) is 0 Å². The lowest BCUT2D eigenvalue weighted by atomic mass is 10.0. The monoisotopic (exact) mass is 260 g/mol. The van der Waals surface area contributed by atoms with Gasteiger partial charge in [0.15, 0.2) is 0 Å². The van der Waals surface area contributed by atoms with Crippen molar-refractivity contribution in [2.24, 2.45) is 0 Å². The molecule has 2 rings (SSSR count). The summed E-state index contributed by atoms with van der Waals surface area (Å²) in [6, 6.07) is 17.4. The zero-order chi connectivity index (χ0) is 12.3. The Balaban J connectivity index is 2.11. The average Bonchev–Trinajstić information content (AvgIpc) is 2.33. The zero-order valence-corrected chi connectivity index (χ0v) is 12.2. The SMILES string of the molecule is CC(C)c1ccc(Sc2ccc(P)cc2)cc1. The third-order valence-corrected chi connectivity index (χ3v) is 4.06. The summed E-state index contributed by atoms with van der Waals surface area (Å²) in [6.45, 7) is 4.44. The van der Waals surface area contributed by atoms with Crippen LogP contribution in [0, 0.1) is 0 Å². The van der Waals surface area contributed by atoms with Crippen molar-refractivity contribution in [1.82, 2.24) is 0 Å². The molecular weight excluding hydrogens is 243 g/mol. The van der Waals surface area contributed by atoms with Gasteiger partial charge in [0.05, 0.1) is 0 Å². The van der Waals surface area contributed by atoms with Crippen LogP contribution in [0.1, 0.15) is 25.3 Å². The van der Waals surface area contributed by atoms with Gasteiger partial charge in [-0.3, -0.25) is 0 Å². The number of rotatable bonds is 3. The highest BCUT2D eigenvalue weighted by Gasteiger charge is 2.00. The molecule has 0 saturated heterocycles. The molecule has 2 aromatic carbocycles. The molecule has 2 heteroatoms. The molecule has 0 aliphatic heterocycles. The second-order valence-corrected chi connectivity index (χ2v) is 6.21. The topological polar surface area (TPSA) is 0 Å². The summed E-state index contributed by atoms with van der Waals surface area (Å²) in [5.41, 5.74) is 1.40. The Hall–Kier alpha value is -0.780. The lowest BCUT2D eigenvalue weighted by Gasteiger charge is -2.06. The average molecular weight is 260 g/mol. The molecule has 0 heterocycles. The van der Waals surface area contributed by atoms with E-state index in [9.17, 15) is 0 Å². The van der Waals surface area contributed by atoms with E-state index in [4.69, 9.17) is 0 Å². The highest BCUT2D eigenvalue weighted by Crippen LogP contribution is 2.28. The van der Waals surface area contributed by atoms with Crippen molar-refractivity contribution in [3.63, 3.8) is 0 Å². The molecule has 0 saturated carbocycles. The molecule has 17 heavy (non-hydrogen) atoms. The van der Waals surface area contributed by atoms with Gasteiger partial charge >= 0.3 is 0 Å². The van der Waals surface area contributed by atoms with Crippen LogP contribution in [0.5, 0.6) is 0 Å². The first-order valence-electron chi connectivity index (χ1n) is 5.78. The molecule has 0 aliphatic rings. The van der Waals surface area contributed by atoms with E-state index in [1.807, 2.05) is 11.8 Å². The number of benzene rings is 2. The van der Waals surface area contributed by atoms with Crippen LogP contribution in [0.2, 0.25) is 0 Å². The van der Waals surface area contributed by atoms with Crippen LogP contribution in [0.4, 0.5) is 0 Å². The minimum absolute atomic E-state index is 0.602. The third kappa shape index (κ3) is 3.59. The summed E-state index contributed by atoms with van der Waals surface area (Å²) in [7, 11) is 2.71. The minimum atomic E-state index is 0.602. The van der Waals surface area contributed by atoms with Gasteiger partial charge in [-0.1, -0.05) is 49.9 Å². The Kier molecular flexibility index (Phi) is 4.25. The molecule has 0 radical (unpaired) electrons. The van der Waals surface area contributed by atoms with Gasteiger partial charge in [0, 0.05) is 9.79 Å². The lowest BCUT2D eigenvalue weighted by Crippen LogP contribution is -1.87. The van der Waals surface area contributed by atoms with E-state index >= 15 is 0 Å². The van der Waals surface area contributed by atoms with Gasteiger partial charge in [-0.25, -0.2) is 0 Å². The molecule has 88 valence electrons. The fraction of sp³-hybridized carbons (Fsp3) is 0.200. The summed E-state index contributed by atoms with van der Waals surface area (Å²) in [5.74, 6) is 0.602. The molecule has 1 atom stereocenters. The summed E-state index contributed by atoms with van der Waals surface area (Å²) in [4.78, 5) is 2.58. The largest absolute Gasteiger partial charge is 0.106 e. The van der Waals surface area contributed by atoms with E-state index in [2.05, 4.69) is 71.6 Å². The van der Waals surface area contributed by atoms with Gasteiger partial charge < -0.3 is 0 Å². The predicted octanol–water partition coefficient (Wildman–Crippen LogP) is 4.46. The van der Waals surface area contributed by atoms with E-state index in [0.717, 1.165) is 0 Å². The Morgan fingerprint density at radius 3 is 1.76 bits per heavy atom. The fourth-order valence-electron chi connectivity index (χ4n) is 1.59. The smallest absolute Gasteiger partial charge is 0.0122 e. The summed E-state index contributed by atoms with van der Waals surface area (Å²) < 4.78 is 0.